The van der Waals surface area contributed by atoms with Gasteiger partial charge in [0.15, 0.2) is 5.82 Å². The zero-order valence-electron chi connectivity index (χ0n) is 17.5. The summed E-state index contributed by atoms with van der Waals surface area (Å²) in [6.07, 6.45) is 1.56. The largest absolute Gasteiger partial charge is 0.378 e. The van der Waals surface area contributed by atoms with Crippen LogP contribution in [0.4, 0.5) is 28.8 Å². The summed E-state index contributed by atoms with van der Waals surface area (Å²) < 4.78 is 17.6. The van der Waals surface area contributed by atoms with Crippen molar-refractivity contribution in [3.8, 4) is 0 Å². The van der Waals surface area contributed by atoms with Gasteiger partial charge in [0.05, 0.1) is 19.4 Å². The highest BCUT2D eigenvalue weighted by Gasteiger charge is 2.13. The van der Waals surface area contributed by atoms with E-state index in [1.54, 1.807) is 19.5 Å². The third-order valence-electron chi connectivity index (χ3n) is 5.00. The molecule has 1 saturated heterocycles. The van der Waals surface area contributed by atoms with Crippen LogP contribution in [0.5, 0.6) is 0 Å². The molecule has 7 nitrogen and oxygen atoms in total. The molecule has 0 saturated carbocycles. The molecule has 3 aromatic rings. The molecule has 162 valence electrons. The van der Waals surface area contributed by atoms with E-state index in [2.05, 4.69) is 37.6 Å². The van der Waals surface area contributed by atoms with Crippen molar-refractivity contribution in [3.05, 3.63) is 59.8 Å². The highest BCUT2D eigenvalue weighted by Crippen LogP contribution is 2.34. The highest BCUT2D eigenvalue weighted by molar-refractivity contribution is 7.70. The van der Waals surface area contributed by atoms with Gasteiger partial charge in [0.25, 0.3) is 0 Å². The molecule has 2 heterocycles. The zero-order chi connectivity index (χ0) is 21.8. The Morgan fingerprint density at radius 1 is 0.968 bits per heavy atom. The van der Waals surface area contributed by atoms with Gasteiger partial charge in [-0.05, 0) is 61.9 Å². The number of rotatable bonds is 6. The van der Waals surface area contributed by atoms with Crippen molar-refractivity contribution in [2.24, 2.45) is 0 Å². The third kappa shape index (κ3) is 5.56. The predicted octanol–water partition coefficient (Wildman–Crippen LogP) is 4.70. The molecule has 9 heteroatoms. The summed E-state index contributed by atoms with van der Waals surface area (Å²) in [5.41, 5.74) is 2.85. The molecule has 1 aliphatic heterocycles. The average Bonchev–Trinajstić information content (AvgIpc) is 2.77. The van der Waals surface area contributed by atoms with Gasteiger partial charge in [-0.2, -0.15) is 4.98 Å². The minimum Gasteiger partial charge on any atom is -0.378 e. The molecule has 31 heavy (non-hydrogen) atoms. The van der Waals surface area contributed by atoms with Gasteiger partial charge < -0.3 is 24.8 Å². The van der Waals surface area contributed by atoms with Crippen LogP contribution in [-0.2, 0) is 9.30 Å². The standard InChI is InChI=1S/C22H25ClN5O2P/c1-31(2,29)19-9-5-17(6-10-19)26-22-24-15-20(23)21(27-22)25-16-3-7-18(8-4-16)28-11-13-30-14-12-28/h3-10,15H,11-14H2,1-2H3,(H2,24,25,26,27). The Bertz CT molecular complexity index is 1080. The molecule has 0 unspecified atom stereocenters. The number of nitrogens with one attached hydrogen (secondary N) is 2. The Morgan fingerprint density at radius 2 is 1.58 bits per heavy atom. The lowest BCUT2D eigenvalue weighted by atomic mass is 10.2. The Labute approximate surface area is 187 Å². The Hall–Kier alpha value is -2.60. The normalized spacial score (nSPS) is 14.4. The average molecular weight is 458 g/mol. The number of morpholine rings is 1. The van der Waals surface area contributed by atoms with E-state index < -0.39 is 7.14 Å². The maximum atomic E-state index is 12.2. The van der Waals surface area contributed by atoms with Crippen LogP contribution < -0.4 is 20.8 Å². The molecule has 0 spiro atoms. The molecule has 0 amide bonds. The second-order valence-corrected chi connectivity index (χ2v) is 11.3. The van der Waals surface area contributed by atoms with E-state index >= 15 is 0 Å². The summed E-state index contributed by atoms with van der Waals surface area (Å²) in [6, 6.07) is 15.6. The third-order valence-corrected chi connectivity index (χ3v) is 6.81. The minimum absolute atomic E-state index is 0.417. The molecule has 1 fully saturated rings. The van der Waals surface area contributed by atoms with E-state index in [9.17, 15) is 4.57 Å². The van der Waals surface area contributed by atoms with Crippen molar-refractivity contribution in [2.75, 3.05) is 55.2 Å². The molecule has 2 aromatic carbocycles. The van der Waals surface area contributed by atoms with E-state index in [1.165, 1.54) is 0 Å². The van der Waals surface area contributed by atoms with Crippen molar-refractivity contribution in [1.82, 2.24) is 9.97 Å². The Balaban J connectivity index is 1.46. The lowest BCUT2D eigenvalue weighted by Crippen LogP contribution is -2.36. The number of nitrogens with zero attached hydrogens (tertiary/aromatic N) is 3. The van der Waals surface area contributed by atoms with Crippen molar-refractivity contribution in [3.63, 3.8) is 0 Å². The number of aromatic nitrogens is 2. The van der Waals surface area contributed by atoms with Gasteiger partial charge in [-0.15, -0.1) is 0 Å². The van der Waals surface area contributed by atoms with E-state index in [-0.39, 0.29) is 0 Å². The summed E-state index contributed by atoms with van der Waals surface area (Å²) in [4.78, 5) is 11.1. The second kappa shape index (κ2) is 9.27. The number of hydrogen-bond donors (Lipinski definition) is 2. The van der Waals surface area contributed by atoms with Crippen molar-refractivity contribution < 1.29 is 9.30 Å². The molecule has 2 N–H and O–H groups in total. The van der Waals surface area contributed by atoms with Crippen LogP contribution in [0.2, 0.25) is 5.02 Å². The first kappa shape index (κ1) is 21.6. The minimum atomic E-state index is -2.28. The summed E-state index contributed by atoms with van der Waals surface area (Å²) in [5.74, 6) is 0.933. The Kier molecular flexibility index (Phi) is 6.46. The van der Waals surface area contributed by atoms with Gasteiger partial charge in [-0.3, -0.25) is 0 Å². The van der Waals surface area contributed by atoms with Gasteiger partial charge in [0, 0.05) is 35.5 Å². The fraction of sp³-hybridized carbons (Fsp3) is 0.273. The van der Waals surface area contributed by atoms with Gasteiger partial charge >= 0.3 is 0 Å². The van der Waals surface area contributed by atoms with Gasteiger partial charge in [0.2, 0.25) is 5.95 Å². The fourth-order valence-corrected chi connectivity index (χ4v) is 4.27. The molecule has 4 rings (SSSR count). The van der Waals surface area contributed by atoms with Crippen LogP contribution in [0.1, 0.15) is 0 Å². The van der Waals surface area contributed by atoms with Crippen LogP contribution in [0.25, 0.3) is 0 Å². The Morgan fingerprint density at radius 3 is 2.23 bits per heavy atom. The molecule has 1 aromatic heterocycles. The van der Waals surface area contributed by atoms with Crippen LogP contribution in [0, 0.1) is 0 Å². The van der Waals surface area contributed by atoms with E-state index in [0.717, 1.165) is 48.7 Å². The zero-order valence-corrected chi connectivity index (χ0v) is 19.2. The number of halogens is 1. The van der Waals surface area contributed by atoms with Gasteiger partial charge in [-0.1, -0.05) is 11.6 Å². The summed E-state index contributed by atoms with van der Waals surface area (Å²) in [5, 5.41) is 7.67. The van der Waals surface area contributed by atoms with E-state index in [1.807, 2.05) is 36.4 Å². The number of benzene rings is 2. The lowest BCUT2D eigenvalue weighted by molar-refractivity contribution is 0.122. The van der Waals surface area contributed by atoms with E-state index in [4.69, 9.17) is 16.3 Å². The quantitative estimate of drug-likeness (QED) is 0.519. The molecule has 0 bridgehead atoms. The smallest absolute Gasteiger partial charge is 0.229 e. The number of ether oxygens (including phenoxy) is 1. The second-order valence-electron chi connectivity index (χ2n) is 7.68. The van der Waals surface area contributed by atoms with Gasteiger partial charge in [-0.25, -0.2) is 4.98 Å². The predicted molar refractivity (Wildman–Crippen MR) is 129 cm³/mol. The maximum absolute atomic E-state index is 12.2. The van der Waals surface area contributed by atoms with Crippen molar-refractivity contribution >= 4 is 52.9 Å². The van der Waals surface area contributed by atoms with Crippen LogP contribution >= 0.6 is 18.7 Å². The summed E-state index contributed by atoms with van der Waals surface area (Å²) in [7, 11) is -2.28. The number of hydrogen-bond acceptors (Lipinski definition) is 7. The van der Waals surface area contributed by atoms with E-state index in [0.29, 0.717) is 16.8 Å². The maximum Gasteiger partial charge on any atom is 0.229 e. The van der Waals surface area contributed by atoms with Crippen molar-refractivity contribution in [1.29, 1.82) is 0 Å². The van der Waals surface area contributed by atoms with Crippen LogP contribution in [0.3, 0.4) is 0 Å². The molecular weight excluding hydrogens is 433 g/mol. The first-order valence-electron chi connectivity index (χ1n) is 10.0. The summed E-state index contributed by atoms with van der Waals surface area (Å²) in [6.45, 7) is 6.81. The molecule has 1 aliphatic rings. The molecule has 0 radical (unpaired) electrons. The monoisotopic (exact) mass is 457 g/mol. The number of anilines is 5. The first-order valence-corrected chi connectivity index (χ1v) is 13.0. The van der Waals surface area contributed by atoms with Crippen LogP contribution in [0.15, 0.2) is 54.7 Å². The molecule has 0 aliphatic carbocycles. The van der Waals surface area contributed by atoms with Crippen molar-refractivity contribution in [2.45, 2.75) is 0 Å². The lowest BCUT2D eigenvalue weighted by Gasteiger charge is -2.28. The SMILES string of the molecule is CP(C)(=O)c1ccc(Nc2ncc(Cl)c(Nc3ccc(N4CCOCC4)cc3)n2)cc1. The summed E-state index contributed by atoms with van der Waals surface area (Å²) >= 11 is 6.30. The topological polar surface area (TPSA) is 79.4 Å². The fourth-order valence-electron chi connectivity index (χ4n) is 3.26. The molecule has 0 atom stereocenters. The van der Waals surface area contributed by atoms with Gasteiger partial charge in [0.1, 0.15) is 12.2 Å². The molecular formula is C22H25ClN5O2P. The highest BCUT2D eigenvalue weighted by atomic mass is 35.5. The first-order chi connectivity index (χ1) is 14.9. The van der Waals surface area contributed by atoms with Crippen LogP contribution in [-0.4, -0.2) is 49.6 Å².